The van der Waals surface area contributed by atoms with Crippen molar-refractivity contribution in [1.82, 2.24) is 4.90 Å². The van der Waals surface area contributed by atoms with E-state index in [9.17, 15) is 4.79 Å². The van der Waals surface area contributed by atoms with Crippen molar-refractivity contribution >= 4 is 17.7 Å². The van der Waals surface area contributed by atoms with Crippen LogP contribution in [0.5, 0.6) is 11.5 Å². The summed E-state index contributed by atoms with van der Waals surface area (Å²) >= 11 is 1.52. The lowest BCUT2D eigenvalue weighted by Crippen LogP contribution is -2.28. The SMILES string of the molecule is Cc1ccc(CN(C)C(=O)CSc2ccc3c(c2)OCCO3)c(C)c1. The van der Waals surface area contributed by atoms with Crippen molar-refractivity contribution in [3.8, 4) is 11.5 Å². The second kappa shape index (κ2) is 7.83. The van der Waals surface area contributed by atoms with Crippen LogP contribution in [-0.4, -0.2) is 36.8 Å². The lowest BCUT2D eigenvalue weighted by atomic mass is 10.1. The summed E-state index contributed by atoms with van der Waals surface area (Å²) in [5, 5.41) is 0. The molecule has 2 aromatic carbocycles. The molecule has 1 aliphatic rings. The summed E-state index contributed by atoms with van der Waals surface area (Å²) in [5.41, 5.74) is 3.65. The van der Waals surface area contributed by atoms with Crippen LogP contribution in [0.4, 0.5) is 0 Å². The highest BCUT2D eigenvalue weighted by Gasteiger charge is 2.14. The molecule has 3 rings (SSSR count). The molecule has 0 N–H and O–H groups in total. The van der Waals surface area contributed by atoms with Crippen molar-refractivity contribution in [2.24, 2.45) is 0 Å². The topological polar surface area (TPSA) is 38.8 Å². The van der Waals surface area contributed by atoms with Crippen LogP contribution in [0.15, 0.2) is 41.3 Å². The van der Waals surface area contributed by atoms with Gasteiger partial charge in [-0.1, -0.05) is 23.8 Å². The number of thioether (sulfide) groups is 1. The molecule has 1 heterocycles. The number of fused-ring (bicyclic) bond motifs is 1. The predicted molar refractivity (Wildman–Crippen MR) is 101 cm³/mol. The number of ether oxygens (including phenoxy) is 2. The van der Waals surface area contributed by atoms with Crippen molar-refractivity contribution in [1.29, 1.82) is 0 Å². The van der Waals surface area contributed by atoms with Crippen LogP contribution in [0.25, 0.3) is 0 Å². The maximum atomic E-state index is 12.4. The maximum Gasteiger partial charge on any atom is 0.232 e. The van der Waals surface area contributed by atoms with Gasteiger partial charge in [0, 0.05) is 18.5 Å². The van der Waals surface area contributed by atoms with Crippen LogP contribution >= 0.6 is 11.8 Å². The third kappa shape index (κ3) is 4.48. The molecule has 5 heteroatoms. The van der Waals surface area contributed by atoms with Crippen molar-refractivity contribution < 1.29 is 14.3 Å². The average molecular weight is 357 g/mol. The zero-order valence-corrected chi connectivity index (χ0v) is 15.7. The van der Waals surface area contributed by atoms with E-state index in [1.807, 2.05) is 25.2 Å². The monoisotopic (exact) mass is 357 g/mol. The number of hydrogen-bond donors (Lipinski definition) is 0. The van der Waals surface area contributed by atoms with Gasteiger partial charge in [0.15, 0.2) is 11.5 Å². The molecule has 132 valence electrons. The first-order chi connectivity index (χ1) is 12.0. The zero-order valence-electron chi connectivity index (χ0n) is 14.9. The maximum absolute atomic E-state index is 12.4. The van der Waals surface area contributed by atoms with Crippen LogP contribution in [0, 0.1) is 13.8 Å². The molecule has 0 bridgehead atoms. The van der Waals surface area contributed by atoms with Gasteiger partial charge >= 0.3 is 0 Å². The van der Waals surface area contributed by atoms with Gasteiger partial charge in [-0.05, 0) is 43.2 Å². The molecule has 1 aliphatic heterocycles. The van der Waals surface area contributed by atoms with Crippen LogP contribution in [0.2, 0.25) is 0 Å². The molecular weight excluding hydrogens is 334 g/mol. The Balaban J connectivity index is 1.56. The molecule has 0 atom stereocenters. The molecular formula is C20H23NO3S. The number of benzene rings is 2. The second-order valence-corrected chi connectivity index (χ2v) is 7.32. The summed E-state index contributed by atoms with van der Waals surface area (Å²) in [7, 11) is 1.85. The van der Waals surface area contributed by atoms with Gasteiger partial charge in [-0.2, -0.15) is 0 Å². The molecule has 0 fully saturated rings. The Bertz CT molecular complexity index is 776. The van der Waals surface area contributed by atoms with Crippen molar-refractivity contribution in [2.75, 3.05) is 26.0 Å². The summed E-state index contributed by atoms with van der Waals surface area (Å²) in [6.07, 6.45) is 0. The fraction of sp³-hybridized carbons (Fsp3) is 0.350. The number of nitrogens with zero attached hydrogens (tertiary/aromatic N) is 1. The van der Waals surface area contributed by atoms with Gasteiger partial charge in [0.25, 0.3) is 0 Å². The van der Waals surface area contributed by atoms with E-state index in [-0.39, 0.29) is 5.91 Å². The summed E-state index contributed by atoms with van der Waals surface area (Å²) in [5.74, 6) is 2.04. The summed E-state index contributed by atoms with van der Waals surface area (Å²) in [4.78, 5) is 15.2. The van der Waals surface area contributed by atoms with E-state index in [2.05, 4.69) is 32.0 Å². The first-order valence-corrected chi connectivity index (χ1v) is 9.34. The number of aryl methyl sites for hydroxylation is 2. The van der Waals surface area contributed by atoms with Crippen LogP contribution in [-0.2, 0) is 11.3 Å². The number of rotatable bonds is 5. The van der Waals surface area contributed by atoms with Gasteiger partial charge in [-0.25, -0.2) is 0 Å². The van der Waals surface area contributed by atoms with E-state index in [1.54, 1.807) is 4.90 Å². The highest BCUT2D eigenvalue weighted by molar-refractivity contribution is 8.00. The third-order valence-corrected chi connectivity index (χ3v) is 5.19. The quantitative estimate of drug-likeness (QED) is 0.763. The highest BCUT2D eigenvalue weighted by atomic mass is 32.2. The molecule has 0 aromatic heterocycles. The number of carbonyl (C=O) groups excluding carboxylic acids is 1. The Morgan fingerprint density at radius 3 is 2.60 bits per heavy atom. The molecule has 0 spiro atoms. The van der Waals surface area contributed by atoms with Gasteiger partial charge < -0.3 is 14.4 Å². The Morgan fingerprint density at radius 1 is 1.08 bits per heavy atom. The van der Waals surface area contributed by atoms with Crippen molar-refractivity contribution in [3.05, 3.63) is 53.1 Å². The second-order valence-electron chi connectivity index (χ2n) is 6.27. The summed E-state index contributed by atoms with van der Waals surface area (Å²) in [6.45, 7) is 5.95. The minimum atomic E-state index is 0.111. The molecule has 0 aliphatic carbocycles. The van der Waals surface area contributed by atoms with Gasteiger partial charge in [0.1, 0.15) is 13.2 Å². The van der Waals surface area contributed by atoms with E-state index in [4.69, 9.17) is 9.47 Å². The van der Waals surface area contributed by atoms with Crippen LogP contribution in [0.3, 0.4) is 0 Å². The molecule has 4 nitrogen and oxygen atoms in total. The van der Waals surface area contributed by atoms with E-state index in [0.29, 0.717) is 25.5 Å². The Kier molecular flexibility index (Phi) is 5.53. The Hall–Kier alpha value is -2.14. The minimum absolute atomic E-state index is 0.111. The normalized spacial score (nSPS) is 12.8. The first kappa shape index (κ1) is 17.7. The molecule has 0 radical (unpaired) electrons. The van der Waals surface area contributed by atoms with Gasteiger partial charge in [-0.15, -0.1) is 11.8 Å². The van der Waals surface area contributed by atoms with Crippen LogP contribution in [0.1, 0.15) is 16.7 Å². The minimum Gasteiger partial charge on any atom is -0.486 e. The van der Waals surface area contributed by atoms with E-state index in [0.717, 1.165) is 16.4 Å². The van der Waals surface area contributed by atoms with Gasteiger partial charge in [0.2, 0.25) is 5.91 Å². The average Bonchev–Trinajstić information content (AvgIpc) is 2.61. The summed E-state index contributed by atoms with van der Waals surface area (Å²) < 4.78 is 11.1. The fourth-order valence-corrected chi connectivity index (χ4v) is 3.60. The zero-order chi connectivity index (χ0) is 17.8. The van der Waals surface area contributed by atoms with Crippen molar-refractivity contribution in [2.45, 2.75) is 25.3 Å². The van der Waals surface area contributed by atoms with E-state index >= 15 is 0 Å². The molecule has 2 aromatic rings. The smallest absolute Gasteiger partial charge is 0.232 e. The summed E-state index contributed by atoms with van der Waals surface area (Å²) in [6, 6.07) is 12.2. The molecule has 0 saturated carbocycles. The fourth-order valence-electron chi connectivity index (χ4n) is 2.74. The first-order valence-electron chi connectivity index (χ1n) is 8.35. The number of amides is 1. The highest BCUT2D eigenvalue weighted by Crippen LogP contribution is 2.34. The van der Waals surface area contributed by atoms with Gasteiger partial charge in [-0.3, -0.25) is 4.79 Å². The van der Waals surface area contributed by atoms with Gasteiger partial charge in [0.05, 0.1) is 5.75 Å². The Labute approximate surface area is 153 Å². The van der Waals surface area contributed by atoms with Crippen molar-refractivity contribution in [3.63, 3.8) is 0 Å². The predicted octanol–water partition coefficient (Wildman–Crippen LogP) is 3.83. The molecule has 25 heavy (non-hydrogen) atoms. The molecule has 1 amide bonds. The van der Waals surface area contributed by atoms with E-state index in [1.165, 1.54) is 28.5 Å². The number of hydrogen-bond acceptors (Lipinski definition) is 4. The van der Waals surface area contributed by atoms with Crippen LogP contribution < -0.4 is 9.47 Å². The number of carbonyl (C=O) groups is 1. The lowest BCUT2D eigenvalue weighted by molar-refractivity contribution is -0.127. The molecule has 0 unspecified atom stereocenters. The third-order valence-electron chi connectivity index (χ3n) is 4.21. The Morgan fingerprint density at radius 2 is 1.84 bits per heavy atom. The standard InChI is InChI=1S/C20H23NO3S/c1-14-4-5-16(15(2)10-14)12-21(3)20(22)13-25-17-6-7-18-19(11-17)24-9-8-23-18/h4-7,10-11H,8-9,12-13H2,1-3H3. The van der Waals surface area contributed by atoms with E-state index < -0.39 is 0 Å². The lowest BCUT2D eigenvalue weighted by Gasteiger charge is -2.20. The molecule has 0 saturated heterocycles. The largest absolute Gasteiger partial charge is 0.486 e.